The Kier molecular flexibility index (Phi) is 5.35. The van der Waals surface area contributed by atoms with Crippen molar-refractivity contribution in [3.63, 3.8) is 0 Å². The van der Waals surface area contributed by atoms with Crippen molar-refractivity contribution in [2.45, 2.75) is 25.8 Å². The van der Waals surface area contributed by atoms with Crippen molar-refractivity contribution in [2.75, 3.05) is 46.8 Å². The third-order valence-corrected chi connectivity index (χ3v) is 7.98. The maximum atomic E-state index is 13.4. The molecule has 4 nitrogen and oxygen atoms in total. The SMILES string of the molecule is Cc1ccc(CN2CCSCC2)cc1-c1ccc2c(n1)N(C)SN2CC1CC1(F)F. The number of fused-ring (bicyclic) bond motifs is 1. The zero-order valence-electron chi connectivity index (χ0n) is 17.3. The molecular weight excluding hydrogens is 422 g/mol. The summed E-state index contributed by atoms with van der Waals surface area (Å²) < 4.78 is 30.7. The Bertz CT molecular complexity index is 949. The molecule has 1 aromatic heterocycles. The molecule has 1 aromatic carbocycles. The summed E-state index contributed by atoms with van der Waals surface area (Å²) in [5.74, 6) is 0.215. The summed E-state index contributed by atoms with van der Waals surface area (Å²) >= 11 is 3.49. The van der Waals surface area contributed by atoms with E-state index in [0.29, 0.717) is 6.54 Å². The Labute approximate surface area is 185 Å². The smallest absolute Gasteiger partial charge is 0.253 e. The average molecular weight is 449 g/mol. The molecule has 1 atom stereocenters. The molecule has 5 rings (SSSR count). The Hall–Kier alpha value is -1.51. The van der Waals surface area contributed by atoms with E-state index in [1.165, 1.54) is 34.8 Å². The average Bonchev–Trinajstić information content (AvgIpc) is 3.21. The summed E-state index contributed by atoms with van der Waals surface area (Å²) in [5.41, 5.74) is 5.52. The van der Waals surface area contributed by atoms with Gasteiger partial charge >= 0.3 is 0 Å². The van der Waals surface area contributed by atoms with Gasteiger partial charge in [0.2, 0.25) is 0 Å². The summed E-state index contributed by atoms with van der Waals surface area (Å²) in [4.78, 5) is 7.44. The van der Waals surface area contributed by atoms with E-state index in [9.17, 15) is 8.78 Å². The number of anilines is 2. The van der Waals surface area contributed by atoms with Crippen molar-refractivity contribution in [3.05, 3.63) is 41.5 Å². The second-order valence-electron chi connectivity index (χ2n) is 8.38. The second kappa shape index (κ2) is 7.88. The minimum Gasteiger partial charge on any atom is -0.297 e. The lowest BCUT2D eigenvalue weighted by molar-refractivity contribution is 0.101. The minimum atomic E-state index is -2.50. The van der Waals surface area contributed by atoms with Crippen LogP contribution in [0.5, 0.6) is 0 Å². The fourth-order valence-corrected chi connectivity index (χ4v) is 6.07. The Morgan fingerprint density at radius 3 is 2.67 bits per heavy atom. The maximum Gasteiger partial charge on any atom is 0.253 e. The Morgan fingerprint density at radius 1 is 1.17 bits per heavy atom. The molecule has 0 N–H and O–H groups in total. The van der Waals surface area contributed by atoms with Gasteiger partial charge in [-0.15, -0.1) is 0 Å². The van der Waals surface area contributed by atoms with E-state index in [0.717, 1.165) is 42.4 Å². The summed E-state index contributed by atoms with van der Waals surface area (Å²) in [6.07, 6.45) is -0.00366. The van der Waals surface area contributed by atoms with Crippen LogP contribution in [0.25, 0.3) is 11.3 Å². The van der Waals surface area contributed by atoms with Gasteiger partial charge in [0.25, 0.3) is 5.92 Å². The zero-order valence-corrected chi connectivity index (χ0v) is 18.9. The summed E-state index contributed by atoms with van der Waals surface area (Å²) in [5, 5.41) is 0. The number of alkyl halides is 2. The molecule has 1 unspecified atom stereocenters. The van der Waals surface area contributed by atoms with Gasteiger partial charge in [0.15, 0.2) is 5.82 Å². The molecule has 1 saturated carbocycles. The van der Waals surface area contributed by atoms with E-state index < -0.39 is 11.8 Å². The topological polar surface area (TPSA) is 22.6 Å². The third-order valence-electron chi connectivity index (χ3n) is 6.07. The summed E-state index contributed by atoms with van der Waals surface area (Å²) in [7, 11) is 1.95. The summed E-state index contributed by atoms with van der Waals surface area (Å²) in [6.45, 7) is 5.73. The second-order valence-corrected chi connectivity index (χ2v) is 10.8. The number of aryl methyl sites for hydroxylation is 1. The molecule has 2 aliphatic heterocycles. The van der Waals surface area contributed by atoms with Crippen molar-refractivity contribution < 1.29 is 8.78 Å². The van der Waals surface area contributed by atoms with Crippen molar-refractivity contribution >= 4 is 35.4 Å². The van der Waals surface area contributed by atoms with Crippen LogP contribution in [0.2, 0.25) is 0 Å². The standard InChI is InChI=1S/C22H26F2N4S2/c1-15-3-4-16(13-27-7-9-29-10-8-27)11-18(15)19-5-6-20-21(25-19)26(2)30-28(20)14-17-12-22(17,23)24/h3-6,11,17H,7-10,12-14H2,1-2H3. The highest BCUT2D eigenvalue weighted by molar-refractivity contribution is 8.02. The minimum absolute atomic E-state index is 0.00366. The van der Waals surface area contributed by atoms with E-state index in [2.05, 4.69) is 30.0 Å². The number of aromatic nitrogens is 1. The molecule has 30 heavy (non-hydrogen) atoms. The van der Waals surface area contributed by atoms with Crippen LogP contribution in [0.1, 0.15) is 17.5 Å². The molecule has 3 aliphatic rings. The molecule has 0 spiro atoms. The highest BCUT2D eigenvalue weighted by atomic mass is 32.2. The first-order valence-corrected chi connectivity index (χ1v) is 12.3. The largest absolute Gasteiger partial charge is 0.297 e. The van der Waals surface area contributed by atoms with Crippen LogP contribution in [0.4, 0.5) is 20.3 Å². The van der Waals surface area contributed by atoms with Gasteiger partial charge in [0, 0.05) is 62.6 Å². The molecular formula is C22H26F2N4S2. The third kappa shape index (κ3) is 4.01. The lowest BCUT2D eigenvalue weighted by Crippen LogP contribution is -2.31. The number of rotatable bonds is 5. The molecule has 8 heteroatoms. The molecule has 0 radical (unpaired) electrons. The first kappa shape index (κ1) is 20.4. The van der Waals surface area contributed by atoms with Gasteiger partial charge in [-0.1, -0.05) is 12.1 Å². The fourth-order valence-electron chi connectivity index (χ4n) is 4.11. The normalized spacial score (nSPS) is 23.0. The quantitative estimate of drug-likeness (QED) is 0.591. The molecule has 2 aromatic rings. The lowest BCUT2D eigenvalue weighted by atomic mass is 10.0. The predicted molar refractivity (Wildman–Crippen MR) is 123 cm³/mol. The van der Waals surface area contributed by atoms with Crippen LogP contribution in [0.3, 0.4) is 0 Å². The van der Waals surface area contributed by atoms with Crippen LogP contribution in [-0.4, -0.2) is 54.0 Å². The molecule has 160 valence electrons. The number of nitrogens with zero attached hydrogens (tertiary/aromatic N) is 4. The number of benzene rings is 1. The molecule has 1 aliphatic carbocycles. The summed E-state index contributed by atoms with van der Waals surface area (Å²) in [6, 6.07) is 10.7. The lowest BCUT2D eigenvalue weighted by Gasteiger charge is -2.26. The van der Waals surface area contributed by atoms with Gasteiger partial charge < -0.3 is 0 Å². The van der Waals surface area contributed by atoms with Gasteiger partial charge in [-0.05, 0) is 36.2 Å². The molecule has 0 bridgehead atoms. The maximum absolute atomic E-state index is 13.4. The Morgan fingerprint density at radius 2 is 1.93 bits per heavy atom. The van der Waals surface area contributed by atoms with Gasteiger partial charge in [-0.3, -0.25) is 13.5 Å². The van der Waals surface area contributed by atoms with Crippen LogP contribution in [0, 0.1) is 12.8 Å². The highest BCUT2D eigenvalue weighted by Gasteiger charge is 2.57. The van der Waals surface area contributed by atoms with Gasteiger partial charge in [0.1, 0.15) is 0 Å². The van der Waals surface area contributed by atoms with Crippen LogP contribution in [0.15, 0.2) is 30.3 Å². The van der Waals surface area contributed by atoms with E-state index in [4.69, 9.17) is 4.98 Å². The Balaban J connectivity index is 1.38. The van der Waals surface area contributed by atoms with Crippen molar-refractivity contribution in [2.24, 2.45) is 5.92 Å². The number of halogens is 2. The van der Waals surface area contributed by atoms with Crippen molar-refractivity contribution in [1.82, 2.24) is 9.88 Å². The van der Waals surface area contributed by atoms with Crippen LogP contribution in [-0.2, 0) is 6.54 Å². The molecule has 2 fully saturated rings. The zero-order chi connectivity index (χ0) is 20.9. The molecule has 1 saturated heterocycles. The number of hydrogen-bond acceptors (Lipinski definition) is 6. The fraction of sp³-hybridized carbons (Fsp3) is 0.500. The van der Waals surface area contributed by atoms with Gasteiger partial charge in [-0.25, -0.2) is 13.8 Å². The highest BCUT2D eigenvalue weighted by Crippen LogP contribution is 2.52. The predicted octanol–water partition coefficient (Wildman–Crippen LogP) is 5.08. The van der Waals surface area contributed by atoms with Crippen molar-refractivity contribution in [1.29, 1.82) is 0 Å². The van der Waals surface area contributed by atoms with E-state index in [-0.39, 0.29) is 6.42 Å². The first-order chi connectivity index (χ1) is 14.4. The van der Waals surface area contributed by atoms with Crippen LogP contribution >= 0.6 is 23.9 Å². The van der Waals surface area contributed by atoms with Gasteiger partial charge in [0.05, 0.1) is 23.5 Å². The van der Waals surface area contributed by atoms with Crippen molar-refractivity contribution in [3.8, 4) is 11.3 Å². The van der Waals surface area contributed by atoms with Gasteiger partial charge in [-0.2, -0.15) is 11.8 Å². The van der Waals surface area contributed by atoms with E-state index in [1.54, 1.807) is 0 Å². The first-order valence-electron chi connectivity index (χ1n) is 10.4. The molecule has 3 heterocycles. The number of pyridine rings is 1. The van der Waals surface area contributed by atoms with Crippen LogP contribution < -0.4 is 8.61 Å². The monoisotopic (exact) mass is 448 g/mol. The number of thioether (sulfide) groups is 1. The number of hydrogen-bond donors (Lipinski definition) is 0. The van der Waals surface area contributed by atoms with E-state index >= 15 is 0 Å². The molecule has 0 amide bonds. The van der Waals surface area contributed by atoms with E-state index in [1.807, 2.05) is 39.6 Å².